The number of hydrogen-bond donors (Lipinski definition) is 2. The van der Waals surface area contributed by atoms with E-state index >= 15 is 0 Å². The van der Waals surface area contributed by atoms with Crippen LogP contribution in [0.25, 0.3) is 0 Å². The Labute approximate surface area is 148 Å². The van der Waals surface area contributed by atoms with Crippen molar-refractivity contribution < 1.29 is 17.9 Å². The van der Waals surface area contributed by atoms with Crippen LogP contribution in [-0.2, 0) is 10.0 Å². The monoisotopic (exact) mass is 362 g/mol. The van der Waals surface area contributed by atoms with Gasteiger partial charge in [-0.05, 0) is 37.6 Å². The van der Waals surface area contributed by atoms with E-state index in [0.717, 1.165) is 6.42 Å². The van der Waals surface area contributed by atoms with Gasteiger partial charge in [-0.1, -0.05) is 31.2 Å². The number of methoxy groups -OCH3 is 1. The number of benzene rings is 2. The number of ether oxygens (including phenoxy) is 1. The highest BCUT2D eigenvalue weighted by Crippen LogP contribution is 2.26. The maximum atomic E-state index is 12.7. The topological polar surface area (TPSA) is 84.5 Å². The van der Waals surface area contributed by atoms with Crippen molar-refractivity contribution in [2.24, 2.45) is 0 Å². The van der Waals surface area contributed by atoms with Gasteiger partial charge in [0.25, 0.3) is 15.9 Å². The molecule has 0 aliphatic rings. The third-order valence-corrected chi connectivity index (χ3v) is 5.17. The van der Waals surface area contributed by atoms with E-state index in [9.17, 15) is 13.2 Å². The first-order valence-corrected chi connectivity index (χ1v) is 9.43. The summed E-state index contributed by atoms with van der Waals surface area (Å²) < 4.78 is 33.0. The molecule has 1 atom stereocenters. The molecule has 0 aromatic heterocycles. The van der Waals surface area contributed by atoms with Gasteiger partial charge in [-0.3, -0.25) is 9.52 Å². The van der Waals surface area contributed by atoms with E-state index in [1.807, 2.05) is 13.8 Å². The molecule has 2 aromatic carbocycles. The first kappa shape index (κ1) is 18.8. The second-order valence-electron chi connectivity index (χ2n) is 5.58. The summed E-state index contributed by atoms with van der Waals surface area (Å²) in [6, 6.07) is 12.8. The standard InChI is InChI=1S/C18H22N2O4S/c1-4-13(2)19-18(21)14-9-5-6-10-15(14)20-25(22,23)17-12-8-7-11-16(17)24-3/h5-13,20H,4H2,1-3H3,(H,19,21)/t13-/m0/s1. The number of carbonyl (C=O) groups excluding carboxylic acids is 1. The van der Waals surface area contributed by atoms with Crippen LogP contribution < -0.4 is 14.8 Å². The highest BCUT2D eigenvalue weighted by atomic mass is 32.2. The number of rotatable bonds is 7. The van der Waals surface area contributed by atoms with E-state index < -0.39 is 10.0 Å². The smallest absolute Gasteiger partial charge is 0.265 e. The lowest BCUT2D eigenvalue weighted by atomic mass is 10.1. The van der Waals surface area contributed by atoms with Gasteiger partial charge in [-0.2, -0.15) is 0 Å². The molecular weight excluding hydrogens is 340 g/mol. The molecule has 0 aliphatic heterocycles. The first-order chi connectivity index (χ1) is 11.9. The van der Waals surface area contributed by atoms with E-state index in [2.05, 4.69) is 10.0 Å². The van der Waals surface area contributed by atoms with Crippen LogP contribution in [0.2, 0.25) is 0 Å². The van der Waals surface area contributed by atoms with Crippen LogP contribution in [0.4, 0.5) is 5.69 Å². The Morgan fingerprint density at radius 3 is 2.44 bits per heavy atom. The van der Waals surface area contributed by atoms with E-state index in [4.69, 9.17) is 4.74 Å². The van der Waals surface area contributed by atoms with Crippen LogP contribution in [0.3, 0.4) is 0 Å². The predicted molar refractivity (Wildman–Crippen MR) is 97.5 cm³/mol. The molecule has 134 valence electrons. The Balaban J connectivity index is 2.36. The highest BCUT2D eigenvalue weighted by molar-refractivity contribution is 7.92. The summed E-state index contributed by atoms with van der Waals surface area (Å²) in [6.07, 6.45) is 0.779. The minimum atomic E-state index is -3.90. The Morgan fingerprint density at radius 2 is 1.76 bits per heavy atom. The van der Waals surface area contributed by atoms with Gasteiger partial charge >= 0.3 is 0 Å². The van der Waals surface area contributed by atoms with Crippen molar-refractivity contribution in [1.82, 2.24) is 5.32 Å². The van der Waals surface area contributed by atoms with Crippen molar-refractivity contribution in [2.45, 2.75) is 31.2 Å². The molecule has 2 rings (SSSR count). The predicted octanol–water partition coefficient (Wildman–Crippen LogP) is 3.02. The summed E-state index contributed by atoms with van der Waals surface area (Å²) in [7, 11) is -2.50. The summed E-state index contributed by atoms with van der Waals surface area (Å²) in [5.74, 6) is -0.0933. The summed E-state index contributed by atoms with van der Waals surface area (Å²) in [5, 5.41) is 2.84. The van der Waals surface area contributed by atoms with Crippen LogP contribution in [0.1, 0.15) is 30.6 Å². The van der Waals surface area contributed by atoms with Crippen molar-refractivity contribution in [3.8, 4) is 5.75 Å². The van der Waals surface area contributed by atoms with Crippen molar-refractivity contribution in [2.75, 3.05) is 11.8 Å². The van der Waals surface area contributed by atoms with Crippen LogP contribution in [0, 0.1) is 0 Å². The third-order valence-electron chi connectivity index (χ3n) is 3.76. The number of sulfonamides is 1. The lowest BCUT2D eigenvalue weighted by Gasteiger charge is -2.16. The van der Waals surface area contributed by atoms with Crippen molar-refractivity contribution >= 4 is 21.6 Å². The Hall–Kier alpha value is -2.54. The highest BCUT2D eigenvalue weighted by Gasteiger charge is 2.22. The molecule has 0 spiro atoms. The summed E-state index contributed by atoms with van der Waals surface area (Å²) in [5.41, 5.74) is 0.482. The molecule has 2 aromatic rings. The zero-order valence-electron chi connectivity index (χ0n) is 14.4. The number of anilines is 1. The molecule has 0 unspecified atom stereocenters. The molecule has 25 heavy (non-hydrogen) atoms. The van der Waals surface area contributed by atoms with Gasteiger partial charge in [-0.25, -0.2) is 8.42 Å². The number of nitrogens with one attached hydrogen (secondary N) is 2. The van der Waals surface area contributed by atoms with Gasteiger partial charge in [-0.15, -0.1) is 0 Å². The van der Waals surface area contributed by atoms with Crippen LogP contribution in [0.15, 0.2) is 53.4 Å². The van der Waals surface area contributed by atoms with Gasteiger partial charge in [0.05, 0.1) is 18.4 Å². The normalized spacial score (nSPS) is 12.3. The van der Waals surface area contributed by atoms with Crippen LogP contribution >= 0.6 is 0 Å². The first-order valence-electron chi connectivity index (χ1n) is 7.94. The summed E-state index contributed by atoms with van der Waals surface area (Å²) in [6.45, 7) is 3.85. The van der Waals surface area contributed by atoms with E-state index in [-0.39, 0.29) is 33.8 Å². The van der Waals surface area contributed by atoms with E-state index in [1.165, 1.54) is 13.2 Å². The van der Waals surface area contributed by atoms with Gasteiger partial charge in [0.2, 0.25) is 0 Å². The fourth-order valence-corrected chi connectivity index (χ4v) is 3.47. The lowest BCUT2D eigenvalue weighted by molar-refractivity contribution is 0.0940. The molecule has 1 amide bonds. The average Bonchev–Trinajstić information content (AvgIpc) is 2.61. The minimum absolute atomic E-state index is 0.00798. The van der Waals surface area contributed by atoms with E-state index in [0.29, 0.717) is 0 Å². The number of amides is 1. The number of hydrogen-bond acceptors (Lipinski definition) is 4. The molecule has 2 N–H and O–H groups in total. The van der Waals surface area contributed by atoms with Gasteiger partial charge in [0.15, 0.2) is 0 Å². The Kier molecular flexibility index (Phi) is 6.03. The Morgan fingerprint density at radius 1 is 1.12 bits per heavy atom. The second-order valence-corrected chi connectivity index (χ2v) is 7.24. The minimum Gasteiger partial charge on any atom is -0.495 e. The molecule has 7 heteroatoms. The molecule has 0 heterocycles. The maximum absolute atomic E-state index is 12.7. The molecule has 6 nitrogen and oxygen atoms in total. The molecular formula is C18H22N2O4S. The lowest BCUT2D eigenvalue weighted by Crippen LogP contribution is -2.32. The molecule has 0 aliphatic carbocycles. The van der Waals surface area contributed by atoms with Crippen molar-refractivity contribution in [1.29, 1.82) is 0 Å². The molecule has 0 radical (unpaired) electrons. The number of carbonyl (C=O) groups is 1. The summed E-state index contributed by atoms with van der Waals surface area (Å²) in [4.78, 5) is 12.4. The van der Waals surface area contributed by atoms with Crippen molar-refractivity contribution in [3.63, 3.8) is 0 Å². The van der Waals surface area contributed by atoms with Crippen LogP contribution in [0.5, 0.6) is 5.75 Å². The second kappa shape index (κ2) is 8.02. The Bertz CT molecular complexity index is 850. The van der Waals surface area contributed by atoms with Gasteiger partial charge in [0, 0.05) is 6.04 Å². The fraction of sp³-hybridized carbons (Fsp3) is 0.278. The molecule has 0 saturated carbocycles. The van der Waals surface area contributed by atoms with E-state index in [1.54, 1.807) is 42.5 Å². The van der Waals surface area contributed by atoms with Crippen LogP contribution in [-0.4, -0.2) is 27.5 Å². The van der Waals surface area contributed by atoms with Gasteiger partial charge in [0.1, 0.15) is 10.6 Å². The maximum Gasteiger partial charge on any atom is 0.265 e. The molecule has 0 saturated heterocycles. The third kappa shape index (κ3) is 4.51. The largest absolute Gasteiger partial charge is 0.495 e. The summed E-state index contributed by atoms with van der Waals surface area (Å²) >= 11 is 0. The zero-order valence-corrected chi connectivity index (χ0v) is 15.3. The average molecular weight is 362 g/mol. The fourth-order valence-electron chi connectivity index (χ4n) is 2.21. The number of para-hydroxylation sites is 2. The zero-order chi connectivity index (χ0) is 18.4. The molecule has 0 bridgehead atoms. The SMILES string of the molecule is CC[C@H](C)NC(=O)c1ccccc1NS(=O)(=O)c1ccccc1OC. The van der Waals surface area contributed by atoms with Gasteiger partial charge < -0.3 is 10.1 Å². The molecule has 0 fully saturated rings. The quantitative estimate of drug-likeness (QED) is 0.793. The van der Waals surface area contributed by atoms with Crippen molar-refractivity contribution in [3.05, 3.63) is 54.1 Å².